The molecule has 2 unspecified atom stereocenters. The molecule has 0 aliphatic carbocycles. The second kappa shape index (κ2) is 7.33. The second-order valence-corrected chi connectivity index (χ2v) is 5.65. The van der Waals surface area contributed by atoms with Crippen LogP contribution >= 0.6 is 11.3 Å². The highest BCUT2D eigenvalue weighted by Crippen LogP contribution is 2.33. The van der Waals surface area contributed by atoms with Crippen LogP contribution in [0.25, 0.3) is 0 Å². The average Bonchev–Trinajstić information content (AvgIpc) is 3.05. The van der Waals surface area contributed by atoms with Gasteiger partial charge in [0.2, 0.25) is 0 Å². The molecule has 1 aromatic carbocycles. The van der Waals surface area contributed by atoms with Gasteiger partial charge >= 0.3 is 0 Å². The van der Waals surface area contributed by atoms with E-state index >= 15 is 0 Å². The van der Waals surface area contributed by atoms with Crippen LogP contribution in [-0.2, 0) is 0 Å². The van der Waals surface area contributed by atoms with Crippen molar-refractivity contribution in [1.29, 1.82) is 0 Å². The fraction of sp³-hybridized carbons (Fsp3) is 0.375. The molecule has 0 aliphatic heterocycles. The lowest BCUT2D eigenvalue weighted by atomic mass is 10.1. The Morgan fingerprint density at radius 1 is 1.10 bits per heavy atom. The Labute approximate surface area is 129 Å². The minimum absolute atomic E-state index is 0.0687. The molecular formula is C16H21NO3S. The Morgan fingerprint density at radius 2 is 1.71 bits per heavy atom. The molecule has 0 radical (unpaired) electrons. The van der Waals surface area contributed by atoms with Crippen LogP contribution in [0.15, 0.2) is 35.7 Å². The molecule has 0 saturated heterocycles. The first-order valence-corrected chi connectivity index (χ1v) is 7.74. The number of thiophene rings is 1. The Kier molecular flexibility index (Phi) is 5.47. The number of methoxy groups -OCH3 is 2. The zero-order valence-electron chi connectivity index (χ0n) is 12.5. The van der Waals surface area contributed by atoms with Crippen molar-refractivity contribution in [3.63, 3.8) is 0 Å². The molecule has 0 saturated carbocycles. The number of benzene rings is 1. The van der Waals surface area contributed by atoms with Gasteiger partial charge in [-0.1, -0.05) is 13.0 Å². The van der Waals surface area contributed by atoms with E-state index in [9.17, 15) is 0 Å². The molecule has 0 amide bonds. The Hall–Kier alpha value is -1.72. The summed E-state index contributed by atoms with van der Waals surface area (Å²) in [6.45, 7) is 2.06. The third-order valence-electron chi connectivity index (χ3n) is 3.27. The third-order valence-corrected chi connectivity index (χ3v) is 4.21. The number of rotatable bonds is 7. The maximum atomic E-state index is 6.22. The van der Waals surface area contributed by atoms with Crippen LogP contribution in [0.4, 0.5) is 0 Å². The summed E-state index contributed by atoms with van der Waals surface area (Å²) in [7, 11) is 3.24. The molecule has 5 heteroatoms. The molecule has 2 rings (SSSR count). The fourth-order valence-corrected chi connectivity index (χ4v) is 2.85. The summed E-state index contributed by atoms with van der Waals surface area (Å²) in [4.78, 5) is 1.12. The highest BCUT2D eigenvalue weighted by atomic mass is 32.1. The summed E-state index contributed by atoms with van der Waals surface area (Å²) in [6.07, 6.45) is 0.663. The summed E-state index contributed by atoms with van der Waals surface area (Å²) in [5.74, 6) is 2.08. The molecule has 1 heterocycles. The smallest absolute Gasteiger partial charge is 0.148 e. The van der Waals surface area contributed by atoms with Crippen molar-refractivity contribution in [3.05, 3.63) is 40.6 Å². The zero-order valence-corrected chi connectivity index (χ0v) is 13.4. The van der Waals surface area contributed by atoms with Gasteiger partial charge in [0.05, 0.1) is 14.2 Å². The second-order valence-electron chi connectivity index (χ2n) is 4.67. The van der Waals surface area contributed by atoms with Gasteiger partial charge in [-0.15, -0.1) is 11.3 Å². The fourth-order valence-electron chi connectivity index (χ4n) is 2.02. The molecule has 2 aromatic rings. The number of hydrogen-bond acceptors (Lipinski definition) is 5. The van der Waals surface area contributed by atoms with Crippen LogP contribution < -0.4 is 19.9 Å². The van der Waals surface area contributed by atoms with E-state index in [1.165, 1.54) is 0 Å². The van der Waals surface area contributed by atoms with Crippen molar-refractivity contribution in [2.75, 3.05) is 14.2 Å². The largest absolute Gasteiger partial charge is 0.496 e. The maximum Gasteiger partial charge on any atom is 0.148 e. The van der Waals surface area contributed by atoms with Crippen LogP contribution in [0.2, 0.25) is 0 Å². The van der Waals surface area contributed by atoms with Crippen molar-refractivity contribution in [2.24, 2.45) is 5.73 Å². The average molecular weight is 307 g/mol. The van der Waals surface area contributed by atoms with Crippen LogP contribution in [0.1, 0.15) is 24.3 Å². The van der Waals surface area contributed by atoms with E-state index < -0.39 is 0 Å². The molecule has 0 bridgehead atoms. The first-order chi connectivity index (χ1) is 10.2. The lowest BCUT2D eigenvalue weighted by Crippen LogP contribution is -2.30. The molecule has 0 fully saturated rings. The third kappa shape index (κ3) is 3.89. The van der Waals surface area contributed by atoms with Gasteiger partial charge in [0, 0.05) is 29.1 Å². The van der Waals surface area contributed by atoms with Gasteiger partial charge in [0.1, 0.15) is 23.4 Å². The van der Waals surface area contributed by atoms with E-state index in [4.69, 9.17) is 19.9 Å². The van der Waals surface area contributed by atoms with E-state index in [1.807, 2.05) is 35.7 Å². The minimum atomic E-state index is -0.174. The first-order valence-electron chi connectivity index (χ1n) is 6.86. The summed E-state index contributed by atoms with van der Waals surface area (Å²) in [6, 6.07) is 9.47. The zero-order chi connectivity index (χ0) is 15.2. The van der Waals surface area contributed by atoms with Gasteiger partial charge in [-0.05, 0) is 17.9 Å². The lowest BCUT2D eigenvalue weighted by Gasteiger charge is -2.23. The van der Waals surface area contributed by atoms with Gasteiger partial charge in [-0.25, -0.2) is 0 Å². The Bertz CT molecular complexity index is 534. The van der Waals surface area contributed by atoms with Crippen molar-refractivity contribution in [1.82, 2.24) is 0 Å². The molecule has 0 spiro atoms. The predicted octanol–water partition coefficient (Wildman–Crippen LogP) is 3.62. The van der Waals surface area contributed by atoms with Crippen LogP contribution in [0.3, 0.4) is 0 Å². The standard InChI is InChI=1S/C16H21NO3S/c1-4-14(17)16(15-6-5-7-21-15)20-13-9-11(18-2)8-12(10-13)19-3/h5-10,14,16H,4,17H2,1-3H3. The van der Waals surface area contributed by atoms with Crippen molar-refractivity contribution in [3.8, 4) is 17.2 Å². The minimum Gasteiger partial charge on any atom is -0.496 e. The highest BCUT2D eigenvalue weighted by molar-refractivity contribution is 7.10. The number of ether oxygens (including phenoxy) is 3. The molecule has 21 heavy (non-hydrogen) atoms. The predicted molar refractivity (Wildman–Crippen MR) is 85.5 cm³/mol. The summed E-state index contributed by atoms with van der Waals surface area (Å²) in [5, 5.41) is 2.03. The number of nitrogens with two attached hydrogens (primary N) is 1. The summed E-state index contributed by atoms with van der Waals surface area (Å²) in [5.41, 5.74) is 6.22. The number of hydrogen-bond donors (Lipinski definition) is 1. The molecule has 1 aromatic heterocycles. The monoisotopic (exact) mass is 307 g/mol. The quantitative estimate of drug-likeness (QED) is 0.849. The van der Waals surface area contributed by atoms with Gasteiger partial charge in [-0.2, -0.15) is 0 Å². The molecule has 0 aliphatic rings. The van der Waals surface area contributed by atoms with E-state index in [-0.39, 0.29) is 12.1 Å². The molecule has 4 nitrogen and oxygen atoms in total. The molecule has 2 N–H and O–H groups in total. The van der Waals surface area contributed by atoms with Gasteiger partial charge in [0.25, 0.3) is 0 Å². The van der Waals surface area contributed by atoms with Crippen LogP contribution in [-0.4, -0.2) is 20.3 Å². The van der Waals surface area contributed by atoms with Crippen molar-refractivity contribution < 1.29 is 14.2 Å². The molecule has 114 valence electrons. The maximum absolute atomic E-state index is 6.22. The summed E-state index contributed by atoms with van der Waals surface area (Å²) >= 11 is 1.65. The lowest BCUT2D eigenvalue weighted by molar-refractivity contribution is 0.173. The Balaban J connectivity index is 2.28. The van der Waals surface area contributed by atoms with Gasteiger partial charge < -0.3 is 19.9 Å². The molecular weight excluding hydrogens is 286 g/mol. The molecule has 2 atom stereocenters. The van der Waals surface area contributed by atoms with Gasteiger partial charge in [-0.3, -0.25) is 0 Å². The van der Waals surface area contributed by atoms with Crippen molar-refractivity contribution in [2.45, 2.75) is 25.5 Å². The van der Waals surface area contributed by atoms with E-state index in [0.717, 1.165) is 11.3 Å². The first kappa shape index (κ1) is 15.7. The van der Waals surface area contributed by atoms with Crippen LogP contribution in [0, 0.1) is 0 Å². The van der Waals surface area contributed by atoms with Gasteiger partial charge in [0.15, 0.2) is 0 Å². The highest BCUT2D eigenvalue weighted by Gasteiger charge is 2.22. The normalized spacial score (nSPS) is 13.5. The van der Waals surface area contributed by atoms with Crippen molar-refractivity contribution >= 4 is 11.3 Å². The SMILES string of the molecule is CCC(N)C(Oc1cc(OC)cc(OC)c1)c1cccs1. The van der Waals surface area contributed by atoms with E-state index in [2.05, 4.69) is 6.92 Å². The topological polar surface area (TPSA) is 53.7 Å². The Morgan fingerprint density at radius 3 is 2.19 bits per heavy atom. The van der Waals surface area contributed by atoms with E-state index in [1.54, 1.807) is 25.6 Å². The van der Waals surface area contributed by atoms with Crippen LogP contribution in [0.5, 0.6) is 17.2 Å². The van der Waals surface area contributed by atoms with E-state index in [0.29, 0.717) is 17.2 Å². The summed E-state index contributed by atoms with van der Waals surface area (Å²) < 4.78 is 16.7.